The molecule has 2 aromatic rings. The number of sulfone groups is 1. The van der Waals surface area contributed by atoms with E-state index in [-0.39, 0.29) is 6.10 Å². The van der Waals surface area contributed by atoms with Crippen molar-refractivity contribution < 1.29 is 13.2 Å². The van der Waals surface area contributed by atoms with E-state index in [1.54, 1.807) is 31.3 Å². The Kier molecular flexibility index (Phi) is 8.14. The molecule has 0 heterocycles. The van der Waals surface area contributed by atoms with E-state index in [9.17, 15) is 8.42 Å². The van der Waals surface area contributed by atoms with Gasteiger partial charge in [0.05, 0.1) is 11.4 Å². The molecule has 2 N–H and O–H groups in total. The van der Waals surface area contributed by atoms with Crippen molar-refractivity contribution >= 4 is 27.4 Å². The van der Waals surface area contributed by atoms with Gasteiger partial charge in [0.25, 0.3) is 0 Å². The van der Waals surface area contributed by atoms with E-state index in [0.717, 1.165) is 17.7 Å². The van der Waals surface area contributed by atoms with Crippen molar-refractivity contribution in [2.24, 2.45) is 4.99 Å². The summed E-state index contributed by atoms with van der Waals surface area (Å²) in [6, 6.07) is 14.2. The number of rotatable bonds is 8. The first-order valence-electron chi connectivity index (χ1n) is 8.93. The fraction of sp³-hybridized carbons (Fsp3) is 0.350. The van der Waals surface area contributed by atoms with Gasteiger partial charge >= 0.3 is 0 Å². The number of aliphatic imine (C=N–C) groups is 1. The lowest BCUT2D eigenvalue weighted by atomic mass is 10.1. The molecular weight excluding hydrogens is 398 g/mol. The van der Waals surface area contributed by atoms with Crippen LogP contribution in [-0.4, -0.2) is 46.9 Å². The maximum absolute atomic E-state index is 11.5. The second-order valence-electron chi connectivity index (χ2n) is 6.43. The fourth-order valence-electron chi connectivity index (χ4n) is 2.48. The summed E-state index contributed by atoms with van der Waals surface area (Å²) in [5.74, 6) is 1.44. The summed E-state index contributed by atoms with van der Waals surface area (Å²) < 4.78 is 28.8. The summed E-state index contributed by atoms with van der Waals surface area (Å²) >= 11 is 5.87. The number of nitrogens with zero attached hydrogens (tertiary/aromatic N) is 1. The van der Waals surface area contributed by atoms with Crippen LogP contribution in [0.25, 0.3) is 0 Å². The monoisotopic (exact) mass is 423 g/mol. The number of nitrogens with one attached hydrogen (secondary N) is 2. The maximum Gasteiger partial charge on any atom is 0.191 e. The number of guanidine groups is 1. The lowest BCUT2D eigenvalue weighted by Crippen LogP contribution is -2.42. The molecule has 0 bridgehead atoms. The first kappa shape index (κ1) is 22.0. The third-order valence-electron chi connectivity index (χ3n) is 3.99. The van der Waals surface area contributed by atoms with Gasteiger partial charge in [-0.15, -0.1) is 0 Å². The van der Waals surface area contributed by atoms with Crippen molar-refractivity contribution in [3.63, 3.8) is 0 Å². The molecule has 2 aromatic carbocycles. The van der Waals surface area contributed by atoms with Crippen LogP contribution in [0.15, 0.2) is 58.4 Å². The molecule has 0 fully saturated rings. The van der Waals surface area contributed by atoms with Gasteiger partial charge < -0.3 is 15.4 Å². The zero-order valence-corrected chi connectivity index (χ0v) is 17.8. The minimum absolute atomic E-state index is 0.0525. The van der Waals surface area contributed by atoms with Crippen molar-refractivity contribution in [3.05, 3.63) is 59.1 Å². The molecule has 152 valence electrons. The Morgan fingerprint density at radius 3 is 2.32 bits per heavy atom. The van der Waals surface area contributed by atoms with Crippen molar-refractivity contribution in [3.8, 4) is 5.75 Å². The van der Waals surface area contributed by atoms with Crippen LogP contribution in [0.3, 0.4) is 0 Å². The van der Waals surface area contributed by atoms with E-state index in [0.29, 0.717) is 29.0 Å². The SMILES string of the molecule is CN=C(NCCc1ccc(S(C)(=O)=O)cc1)NCC(C)Oc1ccc(Cl)cc1. The Labute approximate surface area is 171 Å². The number of hydrogen-bond acceptors (Lipinski definition) is 4. The lowest BCUT2D eigenvalue weighted by molar-refractivity contribution is 0.224. The summed E-state index contributed by atoms with van der Waals surface area (Å²) in [5, 5.41) is 7.14. The van der Waals surface area contributed by atoms with Crippen LogP contribution in [0, 0.1) is 0 Å². The van der Waals surface area contributed by atoms with Gasteiger partial charge in [0.1, 0.15) is 11.9 Å². The molecule has 6 nitrogen and oxygen atoms in total. The zero-order chi connectivity index (χ0) is 20.6. The molecule has 0 aromatic heterocycles. The maximum atomic E-state index is 11.5. The molecule has 1 unspecified atom stereocenters. The molecule has 0 radical (unpaired) electrons. The van der Waals surface area contributed by atoms with Gasteiger partial charge in [-0.3, -0.25) is 4.99 Å². The van der Waals surface area contributed by atoms with Crippen LogP contribution >= 0.6 is 11.6 Å². The average Bonchev–Trinajstić information content (AvgIpc) is 2.66. The second-order valence-corrected chi connectivity index (χ2v) is 8.88. The highest BCUT2D eigenvalue weighted by molar-refractivity contribution is 7.90. The minimum atomic E-state index is -3.16. The molecular formula is C20H26ClN3O3S. The largest absolute Gasteiger partial charge is 0.489 e. The summed E-state index contributed by atoms with van der Waals surface area (Å²) in [6.07, 6.45) is 1.90. The molecule has 0 aliphatic rings. The molecule has 2 rings (SSSR count). The standard InChI is InChI=1S/C20H26ClN3O3S/c1-15(27-18-8-6-17(21)7-9-18)14-24-20(22-2)23-13-12-16-4-10-19(11-5-16)28(3,25)26/h4-11,15H,12-14H2,1-3H3,(H2,22,23,24). The van der Waals surface area contributed by atoms with E-state index in [1.165, 1.54) is 6.26 Å². The Hall–Kier alpha value is -2.25. The minimum Gasteiger partial charge on any atom is -0.489 e. The Bertz CT molecular complexity index is 882. The van der Waals surface area contributed by atoms with E-state index in [1.807, 2.05) is 31.2 Å². The van der Waals surface area contributed by atoms with Gasteiger partial charge in [0.15, 0.2) is 15.8 Å². The molecule has 0 amide bonds. The summed E-state index contributed by atoms with van der Waals surface area (Å²) in [4.78, 5) is 4.53. The third kappa shape index (κ3) is 7.40. The summed E-state index contributed by atoms with van der Waals surface area (Å²) in [7, 11) is -1.45. The summed E-state index contributed by atoms with van der Waals surface area (Å²) in [5.41, 5.74) is 1.05. The fourth-order valence-corrected chi connectivity index (χ4v) is 3.23. The van der Waals surface area contributed by atoms with Crippen LogP contribution in [-0.2, 0) is 16.3 Å². The smallest absolute Gasteiger partial charge is 0.191 e. The predicted octanol–water partition coefficient (Wildman–Crippen LogP) is 2.92. The number of ether oxygens (including phenoxy) is 1. The molecule has 0 spiro atoms. The molecule has 8 heteroatoms. The highest BCUT2D eigenvalue weighted by Gasteiger charge is 2.07. The Morgan fingerprint density at radius 2 is 1.75 bits per heavy atom. The molecule has 0 aliphatic carbocycles. The molecule has 0 saturated heterocycles. The first-order valence-corrected chi connectivity index (χ1v) is 11.2. The molecule has 1 atom stereocenters. The third-order valence-corrected chi connectivity index (χ3v) is 5.37. The van der Waals surface area contributed by atoms with Gasteiger partial charge in [-0.25, -0.2) is 8.42 Å². The van der Waals surface area contributed by atoms with Gasteiger partial charge in [0, 0.05) is 24.9 Å². The molecule has 0 aliphatic heterocycles. The Balaban J connectivity index is 1.74. The lowest BCUT2D eigenvalue weighted by Gasteiger charge is -2.18. The van der Waals surface area contributed by atoms with Gasteiger partial charge in [-0.05, 0) is 55.3 Å². The van der Waals surface area contributed by atoms with Crippen LogP contribution in [0.5, 0.6) is 5.75 Å². The van der Waals surface area contributed by atoms with Crippen molar-refractivity contribution in [1.29, 1.82) is 0 Å². The first-order chi connectivity index (χ1) is 13.3. The highest BCUT2D eigenvalue weighted by atomic mass is 35.5. The van der Waals surface area contributed by atoms with Crippen molar-refractivity contribution in [2.75, 3.05) is 26.4 Å². The van der Waals surface area contributed by atoms with Gasteiger partial charge in [-0.2, -0.15) is 0 Å². The van der Waals surface area contributed by atoms with Gasteiger partial charge in [0.2, 0.25) is 0 Å². The van der Waals surface area contributed by atoms with Crippen molar-refractivity contribution in [1.82, 2.24) is 10.6 Å². The van der Waals surface area contributed by atoms with E-state index >= 15 is 0 Å². The van der Waals surface area contributed by atoms with Crippen LogP contribution in [0.1, 0.15) is 12.5 Å². The number of halogens is 1. The zero-order valence-electron chi connectivity index (χ0n) is 16.3. The molecule has 28 heavy (non-hydrogen) atoms. The van der Waals surface area contributed by atoms with Crippen LogP contribution < -0.4 is 15.4 Å². The normalized spacial score (nSPS) is 13.1. The highest BCUT2D eigenvalue weighted by Crippen LogP contribution is 2.16. The van der Waals surface area contributed by atoms with E-state index in [2.05, 4.69) is 15.6 Å². The van der Waals surface area contributed by atoms with E-state index in [4.69, 9.17) is 16.3 Å². The topological polar surface area (TPSA) is 79.8 Å². The second kappa shape index (κ2) is 10.3. The van der Waals surface area contributed by atoms with Crippen LogP contribution in [0.4, 0.5) is 0 Å². The Morgan fingerprint density at radius 1 is 1.11 bits per heavy atom. The summed E-state index contributed by atoms with van der Waals surface area (Å²) in [6.45, 7) is 3.23. The van der Waals surface area contributed by atoms with Crippen molar-refractivity contribution in [2.45, 2.75) is 24.3 Å². The molecule has 0 saturated carbocycles. The predicted molar refractivity (Wildman–Crippen MR) is 114 cm³/mol. The van der Waals surface area contributed by atoms with E-state index < -0.39 is 9.84 Å². The number of benzene rings is 2. The van der Waals surface area contributed by atoms with Gasteiger partial charge in [-0.1, -0.05) is 23.7 Å². The number of hydrogen-bond donors (Lipinski definition) is 2. The average molecular weight is 424 g/mol. The quantitative estimate of drug-likeness (QED) is 0.504. The van der Waals surface area contributed by atoms with Crippen LogP contribution in [0.2, 0.25) is 5.02 Å².